The molecule has 0 aliphatic carbocycles. The highest BCUT2D eigenvalue weighted by molar-refractivity contribution is 7.47. The molecule has 0 aromatic heterocycles. The summed E-state index contributed by atoms with van der Waals surface area (Å²) in [5.74, 6) is -1.68. The number of unbranched alkanes of at least 4 members (excludes halogenated alkanes) is 14. The maximum Gasteiger partial charge on any atom is 0.472 e. The van der Waals surface area contributed by atoms with Crippen LogP contribution in [0, 0.1) is 0 Å². The van der Waals surface area contributed by atoms with Gasteiger partial charge in [0.25, 0.3) is 0 Å². The van der Waals surface area contributed by atoms with Crippen LogP contribution >= 0.6 is 15.6 Å². The maximum absolute atomic E-state index is 13.0. The first-order valence-electron chi connectivity index (χ1n) is 40.0. The van der Waals surface area contributed by atoms with E-state index in [1.165, 1.54) is 19.3 Å². The number of allylic oxidation sites excluding steroid dienone is 36. The molecule has 602 valence electrons. The van der Waals surface area contributed by atoms with Crippen LogP contribution in [0.4, 0.5) is 0 Å². The first-order valence-corrected chi connectivity index (χ1v) is 43.0. The molecule has 0 aliphatic rings. The molecule has 0 saturated carbocycles. The Morgan fingerprint density at radius 3 is 0.757 bits per heavy atom. The highest BCUT2D eigenvalue weighted by atomic mass is 31.2. The van der Waals surface area contributed by atoms with Crippen LogP contribution in [-0.2, 0) is 55.8 Å². The van der Waals surface area contributed by atoms with E-state index >= 15 is 0 Å². The summed E-state index contributed by atoms with van der Waals surface area (Å²) < 4.78 is 61.1. The van der Waals surface area contributed by atoms with Gasteiger partial charge in [-0.25, -0.2) is 9.13 Å². The topological polar surface area (TPSA) is 231 Å². The third-order valence-electron chi connectivity index (χ3n) is 15.7. The standard InChI is InChI=1S/C89H140O16P2/c1-4-7-10-13-16-19-22-25-28-31-34-37-39-40-41-42-44-47-48-51-54-57-60-63-66-69-72-75-87(92)99-78-84(90)79-101-106(95,96)102-80-85(91)81-103-107(97,98)104-83-86(105-89(94)77-74-71-68-65-62-59-56-53-50-45-36-33-30-27-24-21-18-15-12-9-6-3)82-100-88(93)76-73-70-67-64-61-58-55-52-49-46-43-38-35-32-29-26-23-20-17-14-11-8-5-2/h7-12,16-21,25-30,34-38,40-41,44-47,49,53,55-56,58,62,65,84-86,90-91H,4-6,13-15,22-24,31-33,39,42-43,48,50-52,54,57,59-61,63-64,66-83H2,1-3H3,(H,95,96)(H,97,98)/b10-7-,11-8-,12-9-,19-16-,20-17-,21-18-,28-25-,29-26-,30-27-,37-34-,38-35-,41-40-,45-36-,47-44-,49-46-,56-53-,58-55-,65-62-. The number of esters is 3. The Labute approximate surface area is 647 Å². The minimum atomic E-state index is -4.97. The van der Waals surface area contributed by atoms with Crippen molar-refractivity contribution in [2.75, 3.05) is 39.6 Å². The van der Waals surface area contributed by atoms with Crippen LogP contribution in [0.1, 0.15) is 265 Å². The number of phosphoric ester groups is 2. The van der Waals surface area contributed by atoms with Crippen LogP contribution in [0.3, 0.4) is 0 Å². The summed E-state index contributed by atoms with van der Waals surface area (Å²) in [5, 5.41) is 20.7. The Balaban J connectivity index is 4.77. The van der Waals surface area contributed by atoms with Crippen LogP contribution in [0.2, 0.25) is 0 Å². The smallest absolute Gasteiger partial charge is 0.463 e. The first kappa shape index (κ1) is 101. The summed E-state index contributed by atoms with van der Waals surface area (Å²) in [4.78, 5) is 58.7. The van der Waals surface area contributed by atoms with Crippen molar-refractivity contribution < 1.29 is 75.8 Å². The highest BCUT2D eigenvalue weighted by Crippen LogP contribution is 2.45. The van der Waals surface area contributed by atoms with Crippen molar-refractivity contribution in [2.24, 2.45) is 0 Å². The fraction of sp³-hybridized carbons (Fsp3) is 0.562. The fourth-order valence-electron chi connectivity index (χ4n) is 9.70. The normalized spacial score (nSPS) is 15.1. The summed E-state index contributed by atoms with van der Waals surface area (Å²) >= 11 is 0. The van der Waals surface area contributed by atoms with E-state index in [4.69, 9.17) is 32.3 Å². The van der Waals surface area contributed by atoms with Gasteiger partial charge in [-0.15, -0.1) is 0 Å². The molecule has 5 unspecified atom stereocenters. The summed E-state index contributed by atoms with van der Waals surface area (Å²) in [6.45, 7) is 2.21. The second kappa shape index (κ2) is 79.4. The van der Waals surface area contributed by atoms with E-state index in [9.17, 15) is 43.5 Å². The monoisotopic (exact) mass is 1530 g/mol. The van der Waals surface area contributed by atoms with E-state index in [2.05, 4.69) is 240 Å². The molecule has 0 amide bonds. The lowest BCUT2D eigenvalue weighted by Crippen LogP contribution is -2.30. The Kier molecular flexibility index (Phi) is 74.9. The van der Waals surface area contributed by atoms with Crippen molar-refractivity contribution in [3.05, 3.63) is 219 Å². The van der Waals surface area contributed by atoms with Gasteiger partial charge in [-0.3, -0.25) is 32.5 Å². The third-order valence-corrected chi connectivity index (χ3v) is 17.6. The lowest BCUT2D eigenvalue weighted by Gasteiger charge is -2.21. The zero-order valence-corrected chi connectivity index (χ0v) is 67.5. The van der Waals surface area contributed by atoms with E-state index in [1.54, 1.807) is 0 Å². The largest absolute Gasteiger partial charge is 0.472 e. The minimum Gasteiger partial charge on any atom is -0.463 e. The van der Waals surface area contributed by atoms with Crippen molar-refractivity contribution in [3.63, 3.8) is 0 Å². The van der Waals surface area contributed by atoms with Crippen LogP contribution in [0.5, 0.6) is 0 Å². The Morgan fingerprint density at radius 1 is 0.262 bits per heavy atom. The van der Waals surface area contributed by atoms with Crippen molar-refractivity contribution >= 4 is 33.6 Å². The van der Waals surface area contributed by atoms with Crippen LogP contribution in [-0.4, -0.2) is 95.9 Å². The zero-order chi connectivity index (χ0) is 78.0. The van der Waals surface area contributed by atoms with Gasteiger partial charge in [0.1, 0.15) is 25.4 Å². The van der Waals surface area contributed by atoms with E-state index in [1.807, 2.05) is 0 Å². The molecule has 16 nitrogen and oxygen atoms in total. The fourth-order valence-corrected chi connectivity index (χ4v) is 11.3. The zero-order valence-electron chi connectivity index (χ0n) is 65.7. The van der Waals surface area contributed by atoms with E-state index < -0.39 is 91.5 Å². The summed E-state index contributed by atoms with van der Waals surface area (Å²) in [6, 6.07) is 0. The summed E-state index contributed by atoms with van der Waals surface area (Å²) in [7, 11) is -9.84. The van der Waals surface area contributed by atoms with Crippen molar-refractivity contribution in [1.82, 2.24) is 0 Å². The van der Waals surface area contributed by atoms with Gasteiger partial charge in [0, 0.05) is 19.3 Å². The molecule has 0 heterocycles. The quantitative estimate of drug-likeness (QED) is 0.0146. The molecule has 0 radical (unpaired) electrons. The van der Waals surface area contributed by atoms with Crippen molar-refractivity contribution in [3.8, 4) is 0 Å². The first-order chi connectivity index (χ1) is 52.2. The van der Waals surface area contributed by atoms with Crippen molar-refractivity contribution in [1.29, 1.82) is 0 Å². The van der Waals surface area contributed by atoms with Gasteiger partial charge in [0.2, 0.25) is 0 Å². The molecule has 0 saturated heterocycles. The molecular weight excluding hydrogens is 1390 g/mol. The van der Waals surface area contributed by atoms with Gasteiger partial charge >= 0.3 is 33.6 Å². The van der Waals surface area contributed by atoms with E-state index in [-0.39, 0.29) is 19.3 Å². The number of aliphatic hydroxyl groups excluding tert-OH is 2. The summed E-state index contributed by atoms with van der Waals surface area (Å²) in [6.07, 6.45) is 107. The van der Waals surface area contributed by atoms with Gasteiger partial charge in [-0.1, -0.05) is 291 Å². The number of ether oxygens (including phenoxy) is 3. The van der Waals surface area contributed by atoms with E-state index in [0.29, 0.717) is 25.7 Å². The number of hydrogen-bond donors (Lipinski definition) is 4. The SMILES string of the molecule is CC/C=C\C/C=C\C/C=C\C/C=C\C/C=C\C/C=C\CCCCCCCCCCC(=O)OCC(O)COP(=O)(O)OCC(O)COP(=O)(O)OCC(COC(=O)CCCCCC/C=C\C/C=C\C/C=C\C/C=C\C/C=C\C/C=C\CC)OC(=O)CCCC/C=C\C/C=C\C/C=C\C/C=C\C/C=C\C/C=C\CC. The second-order valence-corrected chi connectivity index (χ2v) is 28.6. The number of carbonyl (C=O) groups is 3. The minimum absolute atomic E-state index is 0.0330. The molecule has 0 bridgehead atoms. The molecule has 5 atom stereocenters. The van der Waals surface area contributed by atoms with Gasteiger partial charge in [-0.2, -0.15) is 0 Å². The lowest BCUT2D eigenvalue weighted by atomic mass is 10.1. The lowest BCUT2D eigenvalue weighted by molar-refractivity contribution is -0.161. The van der Waals surface area contributed by atoms with Gasteiger partial charge in [-0.05, 0) is 173 Å². The molecule has 4 N–H and O–H groups in total. The average molecular weight is 1530 g/mol. The summed E-state index contributed by atoms with van der Waals surface area (Å²) in [5.41, 5.74) is 0. The Morgan fingerprint density at radius 2 is 0.467 bits per heavy atom. The number of carbonyl (C=O) groups excluding carboxylic acids is 3. The molecule has 0 fully saturated rings. The molecule has 107 heavy (non-hydrogen) atoms. The Bertz CT molecular complexity index is 2820. The maximum atomic E-state index is 13.0. The van der Waals surface area contributed by atoms with Crippen LogP contribution in [0.25, 0.3) is 0 Å². The average Bonchev–Trinajstić information content (AvgIpc) is 0.903. The Hall–Kier alpha value is -6.13. The van der Waals surface area contributed by atoms with Gasteiger partial charge in [0.15, 0.2) is 6.10 Å². The number of hydrogen-bond acceptors (Lipinski definition) is 14. The molecule has 0 aliphatic heterocycles. The van der Waals surface area contributed by atoms with Crippen LogP contribution < -0.4 is 0 Å². The van der Waals surface area contributed by atoms with Gasteiger partial charge in [0.05, 0.1) is 26.4 Å². The number of phosphoric acid groups is 2. The predicted octanol–water partition coefficient (Wildman–Crippen LogP) is 23.9. The molecule has 0 aromatic carbocycles. The third kappa shape index (κ3) is 80.7. The molecule has 0 rings (SSSR count). The van der Waals surface area contributed by atoms with Crippen LogP contribution in [0.15, 0.2) is 219 Å². The van der Waals surface area contributed by atoms with E-state index in [0.717, 1.165) is 180 Å². The number of rotatable bonds is 73. The molecule has 0 spiro atoms. The molecular formula is C89H140O16P2. The second-order valence-electron chi connectivity index (χ2n) is 25.7. The molecule has 0 aromatic rings. The predicted molar refractivity (Wildman–Crippen MR) is 444 cm³/mol. The van der Waals surface area contributed by atoms with Crippen molar-refractivity contribution in [2.45, 2.75) is 283 Å². The number of aliphatic hydroxyl groups is 2. The molecule has 18 heteroatoms. The van der Waals surface area contributed by atoms with Gasteiger partial charge < -0.3 is 34.2 Å². The highest BCUT2D eigenvalue weighted by Gasteiger charge is 2.29.